The molecule has 2 aromatic carbocycles. The number of anilines is 1. The van der Waals surface area contributed by atoms with Gasteiger partial charge in [0, 0.05) is 44.5 Å². The molecule has 2 aromatic rings. The summed E-state index contributed by atoms with van der Waals surface area (Å²) < 4.78 is 39.2. The van der Waals surface area contributed by atoms with E-state index in [2.05, 4.69) is 9.89 Å². The van der Waals surface area contributed by atoms with Crippen molar-refractivity contribution in [3.8, 4) is 5.75 Å². The van der Waals surface area contributed by atoms with Crippen LogP contribution in [0.4, 0.5) is 5.69 Å². The minimum Gasteiger partial charge on any atom is -0.490 e. The number of nitrogens with zero attached hydrogens (tertiary/aromatic N) is 3. The van der Waals surface area contributed by atoms with Crippen molar-refractivity contribution in [3.63, 3.8) is 0 Å². The molecular formula is C30H41Cl2N5O5S. The predicted molar refractivity (Wildman–Crippen MR) is 177 cm³/mol. The van der Waals surface area contributed by atoms with Gasteiger partial charge in [-0.15, -0.1) is 24.8 Å². The molecule has 0 aromatic heterocycles. The lowest BCUT2D eigenvalue weighted by Gasteiger charge is -2.34. The Labute approximate surface area is 266 Å². The molecule has 10 nitrogen and oxygen atoms in total. The van der Waals surface area contributed by atoms with Crippen molar-refractivity contribution in [2.75, 3.05) is 42.8 Å². The summed E-state index contributed by atoms with van der Waals surface area (Å²) in [5.41, 5.74) is 8.17. The second kappa shape index (κ2) is 16.5. The van der Waals surface area contributed by atoms with E-state index in [9.17, 15) is 13.2 Å². The Kier molecular flexibility index (Phi) is 13.8. The van der Waals surface area contributed by atoms with E-state index in [0.29, 0.717) is 17.0 Å². The van der Waals surface area contributed by atoms with Crippen LogP contribution >= 0.6 is 24.8 Å². The highest BCUT2D eigenvalue weighted by Crippen LogP contribution is 2.29. The third-order valence-electron chi connectivity index (χ3n) is 7.12. The van der Waals surface area contributed by atoms with E-state index in [-0.39, 0.29) is 49.9 Å². The molecule has 0 bridgehead atoms. The molecule has 0 spiro atoms. The molecule has 0 saturated carbocycles. The average Bonchev–Trinajstić information content (AvgIpc) is 3.48. The zero-order valence-corrected chi connectivity index (χ0v) is 27.0. The summed E-state index contributed by atoms with van der Waals surface area (Å²) in [5.74, 6) is 0.307. The number of nitrogen functional groups attached to an aromatic ring is 1. The lowest BCUT2D eigenvalue weighted by molar-refractivity contribution is -0.139. The minimum atomic E-state index is -4.05. The van der Waals surface area contributed by atoms with Crippen LogP contribution in [0.5, 0.6) is 5.75 Å². The van der Waals surface area contributed by atoms with Crippen LogP contribution in [-0.2, 0) is 19.6 Å². The predicted octanol–water partition coefficient (Wildman–Crippen LogP) is 4.57. The van der Waals surface area contributed by atoms with Crippen LogP contribution in [0, 0.1) is 12.3 Å². The first-order chi connectivity index (χ1) is 19.7. The molecule has 0 unspecified atom stereocenters. The number of sulfonamides is 1. The van der Waals surface area contributed by atoms with Gasteiger partial charge in [0.25, 0.3) is 0 Å². The first-order valence-electron chi connectivity index (χ1n) is 14.0. The number of nitrogens with one attached hydrogen (secondary N) is 1. The Hall–Kier alpha value is -3.28. The Morgan fingerprint density at radius 1 is 1.19 bits per heavy atom. The fraction of sp³-hybridized carbons (Fsp3) is 0.433. The Morgan fingerprint density at radius 3 is 2.56 bits per heavy atom. The summed E-state index contributed by atoms with van der Waals surface area (Å²) in [5, 5.41) is 7.64. The summed E-state index contributed by atoms with van der Waals surface area (Å²) in [6, 6.07) is 12.4. The van der Waals surface area contributed by atoms with E-state index in [1.807, 2.05) is 13.0 Å². The van der Waals surface area contributed by atoms with Gasteiger partial charge in [0.05, 0.1) is 24.7 Å². The number of amidine groups is 2. The van der Waals surface area contributed by atoms with E-state index in [0.717, 1.165) is 56.4 Å². The molecular weight excluding hydrogens is 613 g/mol. The second-order valence-electron chi connectivity index (χ2n) is 10.2. The van der Waals surface area contributed by atoms with Crippen LogP contribution in [0.15, 0.2) is 53.5 Å². The van der Waals surface area contributed by atoms with Crippen molar-refractivity contribution in [1.82, 2.24) is 4.90 Å². The topological polar surface area (TPSA) is 138 Å². The Balaban J connectivity index is 0.00000323. The van der Waals surface area contributed by atoms with E-state index >= 15 is 0 Å². The number of halogens is 2. The number of aliphatic imine (C=N–C) groups is 1. The van der Waals surface area contributed by atoms with Crippen molar-refractivity contribution in [1.29, 1.82) is 5.41 Å². The van der Waals surface area contributed by atoms with Crippen LogP contribution in [0.3, 0.4) is 0 Å². The summed E-state index contributed by atoms with van der Waals surface area (Å²) in [6.07, 6.45) is 7.52. The van der Waals surface area contributed by atoms with Crippen molar-refractivity contribution >= 4 is 64.2 Å². The average molecular weight is 655 g/mol. The van der Waals surface area contributed by atoms with Gasteiger partial charge >= 0.3 is 5.97 Å². The van der Waals surface area contributed by atoms with Gasteiger partial charge in [0.1, 0.15) is 17.7 Å². The van der Waals surface area contributed by atoms with Gasteiger partial charge in [-0.25, -0.2) is 8.42 Å². The highest BCUT2D eigenvalue weighted by molar-refractivity contribution is 7.93. The van der Waals surface area contributed by atoms with Crippen molar-refractivity contribution in [2.45, 2.75) is 45.6 Å². The first kappa shape index (κ1) is 35.9. The van der Waals surface area contributed by atoms with Gasteiger partial charge in [-0.1, -0.05) is 30.4 Å². The number of rotatable bonds is 11. The number of carbonyl (C=O) groups excluding carboxylic acids is 1. The van der Waals surface area contributed by atoms with E-state index in [1.54, 1.807) is 55.5 Å². The number of esters is 1. The van der Waals surface area contributed by atoms with Crippen molar-refractivity contribution < 1.29 is 22.7 Å². The zero-order valence-electron chi connectivity index (χ0n) is 24.5. The zero-order chi connectivity index (χ0) is 29.4. The standard InChI is InChI=1S/C30H39N5O5S.2ClH/c1-3-39-29(36)21-41(37,38)35(16-6-8-23-7-4-9-24(20-23)30(31)32)25-11-12-27(22(2)19-25)40-26-13-17-34(18-14-26)28-10-5-15-33-28;;/h4,6-9,11-12,19-20,26H,3,5,10,13-18,21H2,1-2H3,(H3,31,32);2*1H/b8-6+;;. The van der Waals surface area contributed by atoms with Crippen LogP contribution < -0.4 is 14.8 Å². The molecule has 236 valence electrons. The molecule has 0 amide bonds. The van der Waals surface area contributed by atoms with Crippen LogP contribution in [0.1, 0.15) is 49.3 Å². The molecule has 3 N–H and O–H groups in total. The quantitative estimate of drug-likeness (QED) is 0.206. The lowest BCUT2D eigenvalue weighted by atomic mass is 10.1. The molecule has 0 atom stereocenters. The van der Waals surface area contributed by atoms with Crippen molar-refractivity contribution in [3.05, 3.63) is 65.2 Å². The molecule has 2 heterocycles. The van der Waals surface area contributed by atoms with Gasteiger partial charge in [-0.3, -0.25) is 19.5 Å². The number of benzene rings is 2. The summed E-state index contributed by atoms with van der Waals surface area (Å²) in [4.78, 5) is 19.1. The van der Waals surface area contributed by atoms with Gasteiger partial charge in [0.15, 0.2) is 5.75 Å². The monoisotopic (exact) mass is 653 g/mol. The molecule has 1 saturated heterocycles. The lowest BCUT2D eigenvalue weighted by Crippen LogP contribution is -2.41. The molecule has 2 aliphatic rings. The fourth-order valence-corrected chi connectivity index (χ4v) is 6.30. The molecule has 0 radical (unpaired) electrons. The van der Waals surface area contributed by atoms with E-state index in [1.165, 1.54) is 10.1 Å². The maximum absolute atomic E-state index is 13.4. The SMILES string of the molecule is CCOC(=O)CS(=O)(=O)N(C/C=C/c1cccc(C(=N)N)c1)c1ccc(OC2CCN(C3=NCCC3)CC2)c(C)c1.Cl.Cl. The first-order valence-corrected chi connectivity index (χ1v) is 15.6. The van der Waals surface area contributed by atoms with Gasteiger partial charge < -0.3 is 20.1 Å². The Bertz CT molecular complexity index is 1430. The number of aryl methyl sites for hydroxylation is 1. The molecule has 43 heavy (non-hydrogen) atoms. The number of nitrogens with two attached hydrogens (primary N) is 1. The summed E-state index contributed by atoms with van der Waals surface area (Å²) >= 11 is 0. The number of hydrogen-bond acceptors (Lipinski definition) is 8. The normalized spacial score (nSPS) is 15.3. The number of ether oxygens (including phenoxy) is 2. The minimum absolute atomic E-state index is 0. The molecule has 1 fully saturated rings. The molecule has 13 heteroatoms. The summed E-state index contributed by atoms with van der Waals surface area (Å²) in [7, 11) is -4.05. The largest absolute Gasteiger partial charge is 0.490 e. The van der Waals surface area contributed by atoms with Crippen molar-refractivity contribution in [2.24, 2.45) is 10.7 Å². The maximum Gasteiger partial charge on any atom is 0.323 e. The van der Waals surface area contributed by atoms with Crippen LogP contribution in [0.2, 0.25) is 0 Å². The third-order valence-corrected chi connectivity index (χ3v) is 8.75. The molecule has 0 aliphatic carbocycles. The van der Waals surface area contributed by atoms with Gasteiger partial charge in [-0.05, 0) is 55.7 Å². The number of carbonyl (C=O) groups is 1. The summed E-state index contributed by atoms with van der Waals surface area (Å²) in [6.45, 7) is 6.37. The maximum atomic E-state index is 13.4. The van der Waals surface area contributed by atoms with Crippen LogP contribution in [0.25, 0.3) is 6.08 Å². The molecule has 4 rings (SSSR count). The van der Waals surface area contributed by atoms with E-state index in [4.69, 9.17) is 20.6 Å². The van der Waals surface area contributed by atoms with Gasteiger partial charge in [0.2, 0.25) is 10.0 Å². The number of piperidine rings is 1. The molecule has 2 aliphatic heterocycles. The van der Waals surface area contributed by atoms with Crippen LogP contribution in [-0.4, -0.2) is 75.6 Å². The number of likely N-dealkylation sites (tertiary alicyclic amines) is 1. The smallest absolute Gasteiger partial charge is 0.323 e. The third kappa shape index (κ3) is 9.87. The highest BCUT2D eigenvalue weighted by Gasteiger charge is 2.27. The number of hydrogen-bond donors (Lipinski definition) is 2. The fourth-order valence-electron chi connectivity index (χ4n) is 5.02. The van der Waals surface area contributed by atoms with E-state index < -0.39 is 21.7 Å². The van der Waals surface area contributed by atoms with Gasteiger partial charge in [-0.2, -0.15) is 0 Å². The highest BCUT2D eigenvalue weighted by atomic mass is 35.5. The second-order valence-corrected chi connectivity index (χ2v) is 12.1. The Morgan fingerprint density at radius 2 is 1.93 bits per heavy atom.